The zero-order chi connectivity index (χ0) is 30.0. The van der Waals surface area contributed by atoms with E-state index in [-0.39, 0.29) is 16.9 Å². The highest BCUT2D eigenvalue weighted by Crippen LogP contribution is 2.39. The molecule has 0 radical (unpaired) electrons. The van der Waals surface area contributed by atoms with Gasteiger partial charge in [-0.25, -0.2) is 8.78 Å². The lowest BCUT2D eigenvalue weighted by Crippen LogP contribution is -2.46. The Morgan fingerprint density at radius 1 is 0.976 bits per heavy atom. The number of amides is 2. The summed E-state index contributed by atoms with van der Waals surface area (Å²) in [6.07, 6.45) is 1.01. The van der Waals surface area contributed by atoms with Crippen LogP contribution in [0.1, 0.15) is 78.7 Å². The van der Waals surface area contributed by atoms with Gasteiger partial charge in [0, 0.05) is 31.9 Å². The van der Waals surface area contributed by atoms with Crippen molar-refractivity contribution in [2.75, 3.05) is 25.0 Å². The van der Waals surface area contributed by atoms with Crippen LogP contribution in [-0.2, 0) is 16.8 Å². The number of halogens is 2. The first-order chi connectivity index (χ1) is 20.0. The molecule has 2 aliphatic rings. The monoisotopic (exact) mass is 573 g/mol. The number of carbonyl (C=O) groups excluding carboxylic acids is 2. The molecule has 1 N–H and O–H groups in total. The van der Waals surface area contributed by atoms with Crippen molar-refractivity contribution >= 4 is 17.5 Å². The van der Waals surface area contributed by atoms with Crippen molar-refractivity contribution in [2.24, 2.45) is 5.92 Å². The van der Waals surface area contributed by atoms with E-state index in [1.807, 2.05) is 48.5 Å². The number of alkyl halides is 1. The van der Waals surface area contributed by atoms with Gasteiger partial charge in [-0.2, -0.15) is 0 Å². The number of piperidine rings is 1. The number of nitrogens with one attached hydrogen (secondary N) is 1. The van der Waals surface area contributed by atoms with Crippen molar-refractivity contribution < 1.29 is 18.4 Å². The predicted molar refractivity (Wildman–Crippen MR) is 163 cm³/mol. The van der Waals surface area contributed by atoms with E-state index in [0.717, 1.165) is 23.2 Å². The third-order valence-electron chi connectivity index (χ3n) is 8.60. The molecule has 5 rings (SSSR count). The highest BCUT2D eigenvalue weighted by molar-refractivity contribution is 5.98. The van der Waals surface area contributed by atoms with E-state index in [9.17, 15) is 18.4 Å². The van der Waals surface area contributed by atoms with E-state index in [4.69, 9.17) is 0 Å². The number of nitrogens with zero attached hydrogens (tertiary/aromatic N) is 2. The zero-order valence-corrected chi connectivity index (χ0v) is 25.0. The molecule has 222 valence electrons. The maximum atomic E-state index is 15.0. The summed E-state index contributed by atoms with van der Waals surface area (Å²) in [5.41, 5.74) is 4.24. The molecular weight excluding hydrogens is 532 g/mol. The number of benzene rings is 3. The van der Waals surface area contributed by atoms with E-state index < -0.39 is 29.9 Å². The first-order valence-corrected chi connectivity index (χ1v) is 14.9. The van der Waals surface area contributed by atoms with Gasteiger partial charge in [0.1, 0.15) is 12.0 Å². The van der Waals surface area contributed by atoms with Crippen LogP contribution in [0.15, 0.2) is 66.7 Å². The lowest BCUT2D eigenvalue weighted by Gasteiger charge is -2.41. The van der Waals surface area contributed by atoms with Crippen LogP contribution in [-0.4, -0.2) is 47.4 Å². The number of carbonyl (C=O) groups is 2. The van der Waals surface area contributed by atoms with Crippen molar-refractivity contribution in [3.8, 4) is 0 Å². The maximum Gasteiger partial charge on any atom is 0.257 e. The van der Waals surface area contributed by atoms with E-state index in [0.29, 0.717) is 50.1 Å². The van der Waals surface area contributed by atoms with Gasteiger partial charge in [-0.3, -0.25) is 14.5 Å². The molecule has 7 heteroatoms. The third-order valence-corrected chi connectivity index (χ3v) is 8.60. The minimum atomic E-state index is -0.781. The molecule has 2 saturated heterocycles. The number of anilines is 1. The fourth-order valence-corrected chi connectivity index (χ4v) is 6.26. The zero-order valence-electron chi connectivity index (χ0n) is 25.0. The van der Waals surface area contributed by atoms with Gasteiger partial charge in [0.25, 0.3) is 5.91 Å². The molecule has 0 unspecified atom stereocenters. The van der Waals surface area contributed by atoms with Crippen LogP contribution < -0.4 is 5.32 Å². The minimum absolute atomic E-state index is 0.0490. The SMILES string of the molecule is Cc1cccc(F)c1C(=O)N1CCC[C@H](C(=O)Nc2cccc(C(C)(C)C)c2)[C@@H]1c1ccc(CN2CC[C@H](F)C2)cc1. The number of likely N-dealkylation sites (tertiary alicyclic amines) is 2. The van der Waals surface area contributed by atoms with Crippen LogP contribution in [0.25, 0.3) is 0 Å². The lowest BCUT2D eigenvalue weighted by molar-refractivity contribution is -0.123. The molecule has 2 heterocycles. The molecule has 0 bridgehead atoms. The summed E-state index contributed by atoms with van der Waals surface area (Å²) >= 11 is 0. The Morgan fingerprint density at radius 3 is 2.38 bits per heavy atom. The number of rotatable bonds is 6. The topological polar surface area (TPSA) is 52.7 Å². The Morgan fingerprint density at radius 2 is 1.71 bits per heavy atom. The van der Waals surface area contributed by atoms with Crippen LogP contribution in [0.5, 0.6) is 0 Å². The maximum absolute atomic E-state index is 15.0. The molecule has 0 aromatic heterocycles. The van der Waals surface area contributed by atoms with Crippen molar-refractivity contribution in [3.05, 3.63) is 100 Å². The highest BCUT2D eigenvalue weighted by Gasteiger charge is 2.40. The summed E-state index contributed by atoms with van der Waals surface area (Å²) in [4.78, 5) is 31.6. The van der Waals surface area contributed by atoms with Gasteiger partial charge >= 0.3 is 0 Å². The van der Waals surface area contributed by atoms with Crippen LogP contribution in [0.2, 0.25) is 0 Å². The van der Waals surface area contributed by atoms with Gasteiger partial charge in [0.05, 0.1) is 17.5 Å². The summed E-state index contributed by atoms with van der Waals surface area (Å²) < 4.78 is 28.7. The molecule has 42 heavy (non-hydrogen) atoms. The van der Waals surface area contributed by atoms with E-state index in [1.165, 1.54) is 6.07 Å². The first-order valence-electron chi connectivity index (χ1n) is 14.9. The first kappa shape index (κ1) is 29.9. The molecule has 2 amide bonds. The van der Waals surface area contributed by atoms with Gasteiger partial charge < -0.3 is 10.2 Å². The van der Waals surface area contributed by atoms with Gasteiger partial charge in [0.2, 0.25) is 5.91 Å². The molecule has 2 fully saturated rings. The molecule has 0 saturated carbocycles. The summed E-state index contributed by atoms with van der Waals surface area (Å²) in [5, 5.41) is 3.12. The van der Waals surface area contributed by atoms with Crippen LogP contribution in [0, 0.1) is 18.7 Å². The second-order valence-corrected chi connectivity index (χ2v) is 12.8. The van der Waals surface area contributed by atoms with Gasteiger partial charge in [0.15, 0.2) is 0 Å². The average Bonchev–Trinajstić information content (AvgIpc) is 3.36. The molecule has 2 aliphatic heterocycles. The van der Waals surface area contributed by atoms with Crippen molar-refractivity contribution in [2.45, 2.75) is 71.1 Å². The number of hydrogen-bond donors (Lipinski definition) is 1. The van der Waals surface area contributed by atoms with Gasteiger partial charge in [-0.1, -0.05) is 69.3 Å². The third kappa shape index (κ3) is 6.57. The summed E-state index contributed by atoms with van der Waals surface area (Å²) in [6, 6.07) is 19.9. The smallest absolute Gasteiger partial charge is 0.257 e. The molecule has 3 atom stereocenters. The Kier molecular flexibility index (Phi) is 8.78. The summed E-state index contributed by atoms with van der Waals surface area (Å²) in [5.74, 6) is -1.65. The van der Waals surface area contributed by atoms with Gasteiger partial charge in [-0.05, 0) is 72.1 Å². The quantitative estimate of drug-likeness (QED) is 0.339. The fraction of sp³-hybridized carbons (Fsp3) is 0.429. The molecule has 0 aliphatic carbocycles. The largest absolute Gasteiger partial charge is 0.331 e. The van der Waals surface area contributed by atoms with Crippen molar-refractivity contribution in [1.29, 1.82) is 0 Å². The van der Waals surface area contributed by atoms with Crippen LogP contribution >= 0.6 is 0 Å². The Hall–Kier alpha value is -3.58. The minimum Gasteiger partial charge on any atom is -0.331 e. The molecule has 0 spiro atoms. The predicted octanol–water partition coefficient (Wildman–Crippen LogP) is 7.21. The fourth-order valence-electron chi connectivity index (χ4n) is 6.26. The standard InChI is InChI=1S/C35H41F2N3O2/c1-23-8-5-12-30(37)31(23)34(42)40-18-7-11-29(33(41)38-28-10-6-9-26(20-28)35(2,3)4)32(40)25-15-13-24(14-16-25)21-39-19-17-27(36)22-39/h5-6,8-10,12-16,20,27,29,32H,7,11,17-19,21-22H2,1-4H3,(H,38,41)/t27-,29-,32-/m0/s1. The lowest BCUT2D eigenvalue weighted by atomic mass is 9.82. The molecule has 3 aromatic carbocycles. The normalized spacial score (nSPS) is 21.4. The van der Waals surface area contributed by atoms with Crippen LogP contribution in [0.4, 0.5) is 14.5 Å². The van der Waals surface area contributed by atoms with E-state index in [2.05, 4.69) is 31.0 Å². The average molecular weight is 574 g/mol. The van der Waals surface area contributed by atoms with E-state index >= 15 is 0 Å². The molecule has 5 nitrogen and oxygen atoms in total. The van der Waals surface area contributed by atoms with Crippen LogP contribution in [0.3, 0.4) is 0 Å². The Balaban J connectivity index is 1.46. The Labute approximate surface area is 247 Å². The van der Waals surface area contributed by atoms with Crippen molar-refractivity contribution in [1.82, 2.24) is 9.80 Å². The molecular formula is C35H41F2N3O2. The van der Waals surface area contributed by atoms with E-state index in [1.54, 1.807) is 24.0 Å². The summed E-state index contributed by atoms with van der Waals surface area (Å²) in [6.45, 7) is 10.4. The molecule has 3 aromatic rings. The second kappa shape index (κ2) is 12.3. The van der Waals surface area contributed by atoms with Crippen molar-refractivity contribution in [3.63, 3.8) is 0 Å². The highest BCUT2D eigenvalue weighted by atomic mass is 19.1. The number of aryl methyl sites for hydroxylation is 1. The van der Waals surface area contributed by atoms with Gasteiger partial charge in [-0.15, -0.1) is 0 Å². The number of hydrogen-bond acceptors (Lipinski definition) is 3. The summed E-state index contributed by atoms with van der Waals surface area (Å²) in [7, 11) is 0. The second-order valence-electron chi connectivity index (χ2n) is 12.8. The Bertz CT molecular complexity index is 1410.